The van der Waals surface area contributed by atoms with Crippen molar-refractivity contribution in [2.75, 3.05) is 67.5 Å². The Morgan fingerprint density at radius 3 is 2.07 bits per heavy atom. The Morgan fingerprint density at radius 2 is 1.55 bits per heavy atom. The molecule has 2 N–H and O–H groups in total. The predicted octanol–water partition coefficient (Wildman–Crippen LogP) is 2.52. The van der Waals surface area contributed by atoms with Gasteiger partial charge in [-0.3, -0.25) is 9.40 Å². The molecule has 0 radical (unpaired) electrons. The Bertz CT molecular complexity index is 617. The normalized spacial score (nSPS) is 14.4. The molecule has 10 nitrogen and oxygen atoms in total. The highest BCUT2D eigenvalue weighted by atomic mass is 31.2. The Labute approximate surface area is 171 Å². The van der Waals surface area contributed by atoms with Crippen LogP contribution in [0.2, 0.25) is 0 Å². The van der Waals surface area contributed by atoms with E-state index >= 15 is 0 Å². The van der Waals surface area contributed by atoms with Gasteiger partial charge >= 0.3 is 0 Å². The summed E-state index contributed by atoms with van der Waals surface area (Å²) < 4.78 is 49.9. The van der Waals surface area contributed by atoms with Crippen LogP contribution in [0.3, 0.4) is 0 Å². The van der Waals surface area contributed by atoms with Gasteiger partial charge in [-0.25, -0.2) is 5.90 Å². The third-order valence-corrected chi connectivity index (χ3v) is 5.70. The van der Waals surface area contributed by atoms with Gasteiger partial charge in [0.25, 0.3) is 0 Å². The van der Waals surface area contributed by atoms with Crippen LogP contribution in [0.1, 0.15) is 18.3 Å². The van der Waals surface area contributed by atoms with Gasteiger partial charge in [0, 0.05) is 20.9 Å². The highest BCUT2D eigenvalue weighted by molar-refractivity contribution is 7.58. The van der Waals surface area contributed by atoms with Gasteiger partial charge in [0.2, 0.25) is 7.37 Å². The third kappa shape index (κ3) is 9.41. The second-order valence-corrected chi connectivity index (χ2v) is 8.39. The molecule has 1 aromatic carbocycles. The lowest BCUT2D eigenvalue weighted by Gasteiger charge is -2.23. The zero-order valence-corrected chi connectivity index (χ0v) is 18.4. The van der Waals surface area contributed by atoms with Gasteiger partial charge in [-0.1, -0.05) is 6.07 Å². The van der Waals surface area contributed by atoms with Gasteiger partial charge in [-0.05, 0) is 24.6 Å². The van der Waals surface area contributed by atoms with Crippen molar-refractivity contribution in [2.24, 2.45) is 5.90 Å². The van der Waals surface area contributed by atoms with Gasteiger partial charge in [0.15, 0.2) is 30.9 Å². The SMILES string of the molecule is CCOP(C)(=O)C(ON)c1ccc(OCOCCOC)c(OCOCCOC)c1. The highest BCUT2D eigenvalue weighted by Crippen LogP contribution is 2.57. The van der Waals surface area contributed by atoms with Crippen molar-refractivity contribution >= 4 is 7.37 Å². The molecule has 0 amide bonds. The first kappa shape index (κ1) is 25.8. The number of methoxy groups -OCH3 is 2. The Hall–Kier alpha value is -1.23. The average molecular weight is 437 g/mol. The number of hydrogen-bond donors (Lipinski definition) is 1. The molecule has 0 saturated carbocycles. The van der Waals surface area contributed by atoms with Gasteiger partial charge < -0.3 is 32.9 Å². The van der Waals surface area contributed by atoms with Crippen LogP contribution in [0.5, 0.6) is 11.5 Å². The topological polar surface area (TPSA) is 117 Å². The molecular weight excluding hydrogens is 405 g/mol. The van der Waals surface area contributed by atoms with Crippen LogP contribution in [0.4, 0.5) is 0 Å². The van der Waals surface area contributed by atoms with Crippen LogP contribution in [0.25, 0.3) is 0 Å². The highest BCUT2D eigenvalue weighted by Gasteiger charge is 2.32. The zero-order chi connectivity index (χ0) is 21.5. The minimum Gasteiger partial charge on any atom is -0.464 e. The second-order valence-electron chi connectivity index (χ2n) is 5.85. The standard InChI is InChI=1S/C18H32NO9P/c1-5-27-29(4,20)18(28-19)15-6-7-16(25-13-23-10-8-21-2)17(12-15)26-14-24-11-9-22-3/h6-7,12,18H,5,8-11,13-14,19H2,1-4H3. The predicted molar refractivity (Wildman–Crippen MR) is 106 cm³/mol. The molecule has 168 valence electrons. The molecule has 29 heavy (non-hydrogen) atoms. The zero-order valence-electron chi connectivity index (χ0n) is 17.5. The molecule has 0 aliphatic carbocycles. The lowest BCUT2D eigenvalue weighted by Crippen LogP contribution is -2.13. The van der Waals surface area contributed by atoms with Crippen LogP contribution in [0, 0.1) is 0 Å². The fraction of sp³-hybridized carbons (Fsp3) is 0.667. The quantitative estimate of drug-likeness (QED) is 0.169. The number of rotatable bonds is 17. The summed E-state index contributed by atoms with van der Waals surface area (Å²) in [6.45, 7) is 5.12. The second kappa shape index (κ2) is 14.7. The van der Waals surface area contributed by atoms with Gasteiger partial charge in [-0.15, -0.1) is 0 Å². The van der Waals surface area contributed by atoms with E-state index in [2.05, 4.69) is 0 Å². The molecule has 0 aromatic heterocycles. The Balaban J connectivity index is 2.92. The van der Waals surface area contributed by atoms with E-state index in [4.69, 9.17) is 43.7 Å². The molecule has 1 rings (SSSR count). The third-order valence-electron chi connectivity index (χ3n) is 3.65. The van der Waals surface area contributed by atoms with Crippen molar-refractivity contribution in [3.63, 3.8) is 0 Å². The maximum atomic E-state index is 12.8. The van der Waals surface area contributed by atoms with Crippen LogP contribution in [-0.4, -0.2) is 67.5 Å². The molecule has 2 unspecified atom stereocenters. The molecule has 2 atom stereocenters. The summed E-state index contributed by atoms with van der Waals surface area (Å²) in [6.07, 6.45) is 0. The van der Waals surface area contributed by atoms with E-state index in [1.165, 1.54) is 6.66 Å². The Kier molecular flexibility index (Phi) is 13.1. The summed E-state index contributed by atoms with van der Waals surface area (Å²) >= 11 is 0. The van der Waals surface area contributed by atoms with Crippen LogP contribution in [-0.2, 0) is 32.9 Å². The molecule has 0 saturated heterocycles. The maximum Gasteiger partial charge on any atom is 0.234 e. The van der Waals surface area contributed by atoms with Crippen molar-refractivity contribution in [3.8, 4) is 11.5 Å². The van der Waals surface area contributed by atoms with Gasteiger partial charge in [-0.2, -0.15) is 0 Å². The summed E-state index contributed by atoms with van der Waals surface area (Å²) in [7, 11) is 0.00337. The van der Waals surface area contributed by atoms with Gasteiger partial charge in [0.1, 0.15) is 0 Å². The number of ether oxygens (including phenoxy) is 6. The van der Waals surface area contributed by atoms with Crippen molar-refractivity contribution in [2.45, 2.75) is 12.8 Å². The summed E-state index contributed by atoms with van der Waals surface area (Å²) in [5.74, 6) is 5.22. The fourth-order valence-electron chi connectivity index (χ4n) is 2.31. The summed E-state index contributed by atoms with van der Waals surface area (Å²) in [6, 6.07) is 4.95. The van der Waals surface area contributed by atoms with E-state index in [-0.39, 0.29) is 20.2 Å². The average Bonchev–Trinajstić information content (AvgIpc) is 2.69. The van der Waals surface area contributed by atoms with Crippen LogP contribution >= 0.6 is 7.37 Å². The van der Waals surface area contributed by atoms with Crippen molar-refractivity contribution in [1.29, 1.82) is 0 Å². The van der Waals surface area contributed by atoms with Gasteiger partial charge in [0.05, 0.1) is 33.0 Å². The van der Waals surface area contributed by atoms with Crippen molar-refractivity contribution in [1.82, 2.24) is 0 Å². The fourth-order valence-corrected chi connectivity index (χ4v) is 3.88. The van der Waals surface area contributed by atoms with E-state index in [1.807, 2.05) is 0 Å². The molecule has 0 aliphatic heterocycles. The summed E-state index contributed by atoms with van der Waals surface area (Å²) in [5, 5.41) is 0. The number of nitrogens with two attached hydrogens (primary N) is 1. The Morgan fingerprint density at radius 1 is 0.966 bits per heavy atom. The van der Waals surface area contributed by atoms with Crippen LogP contribution in [0.15, 0.2) is 18.2 Å². The molecule has 0 spiro atoms. The molecule has 11 heteroatoms. The maximum absolute atomic E-state index is 12.8. The molecule has 0 fully saturated rings. The van der Waals surface area contributed by atoms with E-state index in [0.29, 0.717) is 43.5 Å². The molecule has 1 aromatic rings. The minimum atomic E-state index is -3.16. The summed E-state index contributed by atoms with van der Waals surface area (Å²) in [5.41, 5.74) is 0.520. The monoisotopic (exact) mass is 437 g/mol. The first-order valence-corrected chi connectivity index (χ1v) is 11.2. The van der Waals surface area contributed by atoms with Crippen LogP contribution < -0.4 is 15.4 Å². The van der Waals surface area contributed by atoms with E-state index in [1.54, 1.807) is 39.3 Å². The van der Waals surface area contributed by atoms with E-state index < -0.39 is 13.2 Å². The first-order valence-electron chi connectivity index (χ1n) is 9.10. The number of benzene rings is 1. The first-order chi connectivity index (χ1) is 14.0. The smallest absolute Gasteiger partial charge is 0.234 e. The largest absolute Gasteiger partial charge is 0.464 e. The molecule has 0 heterocycles. The number of hydrogen-bond acceptors (Lipinski definition) is 10. The van der Waals surface area contributed by atoms with Crippen molar-refractivity contribution < 1.29 is 42.3 Å². The van der Waals surface area contributed by atoms with E-state index in [9.17, 15) is 4.57 Å². The lowest BCUT2D eigenvalue weighted by molar-refractivity contribution is -0.0208. The molecular formula is C18H32NO9P. The lowest BCUT2D eigenvalue weighted by atomic mass is 10.2. The van der Waals surface area contributed by atoms with Crippen molar-refractivity contribution in [3.05, 3.63) is 23.8 Å². The summed E-state index contributed by atoms with van der Waals surface area (Å²) in [4.78, 5) is 4.96. The minimum absolute atomic E-state index is 0.00559. The van der Waals surface area contributed by atoms with E-state index in [0.717, 1.165) is 0 Å². The molecule has 0 aliphatic rings. The molecule has 0 bridgehead atoms.